The highest BCUT2D eigenvalue weighted by molar-refractivity contribution is 5.95. The van der Waals surface area contributed by atoms with Gasteiger partial charge in [-0.05, 0) is 18.9 Å². The molecule has 13 heavy (non-hydrogen) atoms. The minimum absolute atomic E-state index is 0.321. The van der Waals surface area contributed by atoms with Crippen LogP contribution < -0.4 is 0 Å². The van der Waals surface area contributed by atoms with Gasteiger partial charge < -0.3 is 4.40 Å². The molecule has 0 aliphatic rings. The molecule has 2 aromatic heterocycles. The largest absolute Gasteiger partial charge is 0.306 e. The second-order valence-electron chi connectivity index (χ2n) is 2.56. The third-order valence-electron chi connectivity index (χ3n) is 1.73. The Labute approximate surface area is 74.6 Å². The number of aromatic nitrogens is 2. The number of imidazole rings is 1. The van der Waals surface area contributed by atoms with Crippen LogP contribution in [0.1, 0.15) is 10.5 Å². The van der Waals surface area contributed by atoms with Crippen molar-refractivity contribution in [1.82, 2.24) is 9.38 Å². The van der Waals surface area contributed by atoms with Crippen LogP contribution in [0.5, 0.6) is 0 Å². The Bertz CT molecular complexity index is 439. The first kappa shape index (κ1) is 7.67. The summed E-state index contributed by atoms with van der Waals surface area (Å²) in [5, 5.41) is 0. The number of fused-ring (bicyclic) bond motifs is 1. The molecule has 0 N–H and O–H groups in total. The van der Waals surface area contributed by atoms with Gasteiger partial charge in [-0.2, -0.15) is 0 Å². The molecule has 2 heterocycles. The average Bonchev–Trinajstić information content (AvgIpc) is 2.59. The number of carbonyl (C=O) groups excluding carboxylic acids is 1. The van der Waals surface area contributed by atoms with Crippen molar-refractivity contribution in [2.75, 3.05) is 0 Å². The fraction of sp³-hybridized carbons (Fsp3) is 0. The van der Waals surface area contributed by atoms with E-state index < -0.39 is 5.91 Å². The molecule has 0 radical (unpaired) electrons. The number of pyridine rings is 1. The van der Waals surface area contributed by atoms with Crippen LogP contribution in [-0.2, 0) is 0 Å². The summed E-state index contributed by atoms with van der Waals surface area (Å²) in [4.78, 5) is 18.4. The summed E-state index contributed by atoms with van der Waals surface area (Å²) in [7, 11) is 0. The summed E-state index contributed by atoms with van der Waals surface area (Å²) in [6, 6.07) is 5.54. The first-order valence-electron chi connectivity index (χ1n) is 3.76. The van der Waals surface area contributed by atoms with Crippen LogP contribution >= 0.6 is 0 Å². The molecule has 4 nitrogen and oxygen atoms in total. The van der Waals surface area contributed by atoms with Crippen LogP contribution in [-0.4, -0.2) is 22.0 Å². The number of hydrogen-bond donors (Lipinski definition) is 0. The Morgan fingerprint density at radius 1 is 1.54 bits per heavy atom. The molecule has 1 amide bonds. The normalized spacial score (nSPS) is 10.2. The molecule has 0 aliphatic heterocycles. The van der Waals surface area contributed by atoms with Crippen molar-refractivity contribution < 1.29 is 4.79 Å². The van der Waals surface area contributed by atoms with Gasteiger partial charge in [0.2, 0.25) is 0 Å². The summed E-state index contributed by atoms with van der Waals surface area (Å²) in [6.07, 6.45) is 3.45. The molecule has 0 saturated heterocycles. The van der Waals surface area contributed by atoms with Gasteiger partial charge in [0.05, 0.1) is 0 Å². The van der Waals surface area contributed by atoms with Gasteiger partial charge in [-0.1, -0.05) is 6.07 Å². The van der Waals surface area contributed by atoms with Gasteiger partial charge >= 0.3 is 0 Å². The molecule has 2 rings (SSSR count). The molecule has 0 spiro atoms. The molecule has 0 saturated carbocycles. The van der Waals surface area contributed by atoms with Gasteiger partial charge in [-0.15, -0.1) is 0 Å². The van der Waals surface area contributed by atoms with Crippen LogP contribution in [0.15, 0.2) is 35.6 Å². The summed E-state index contributed by atoms with van der Waals surface area (Å²) in [5.41, 5.74) is 1.05. The highest BCUT2D eigenvalue weighted by atomic mass is 16.1. The second-order valence-corrected chi connectivity index (χ2v) is 2.56. The molecule has 4 heteroatoms. The van der Waals surface area contributed by atoms with Crippen molar-refractivity contribution >= 4 is 18.3 Å². The molecule has 0 aromatic carbocycles. The lowest BCUT2D eigenvalue weighted by Crippen LogP contribution is -1.92. The molecule has 0 unspecified atom stereocenters. The minimum atomic E-state index is -0.399. The fourth-order valence-electron chi connectivity index (χ4n) is 1.12. The lowest BCUT2D eigenvalue weighted by molar-refractivity contribution is 0.0999. The number of aliphatic imine (C=N–C) groups is 1. The number of carbonyl (C=O) groups is 1. The molecule has 0 bridgehead atoms. The van der Waals surface area contributed by atoms with E-state index in [2.05, 4.69) is 16.7 Å². The van der Waals surface area contributed by atoms with E-state index in [-0.39, 0.29) is 0 Å². The van der Waals surface area contributed by atoms with E-state index in [4.69, 9.17) is 0 Å². The van der Waals surface area contributed by atoms with Crippen LogP contribution in [0.3, 0.4) is 0 Å². The Morgan fingerprint density at radius 3 is 3.08 bits per heavy atom. The predicted molar refractivity (Wildman–Crippen MR) is 49.1 cm³/mol. The van der Waals surface area contributed by atoms with Crippen molar-refractivity contribution in [3.63, 3.8) is 0 Å². The molecular weight excluding hydrogens is 166 g/mol. The summed E-state index contributed by atoms with van der Waals surface area (Å²) in [6.45, 7) is 3.16. The SMILES string of the molecule is C=NC(=O)c1cn2ccccc2n1. The quantitative estimate of drug-likeness (QED) is 0.608. The number of rotatable bonds is 1. The Balaban J connectivity index is 2.62. The molecule has 0 atom stereocenters. The zero-order valence-corrected chi connectivity index (χ0v) is 6.84. The van der Waals surface area contributed by atoms with Crippen molar-refractivity contribution in [3.05, 3.63) is 36.3 Å². The van der Waals surface area contributed by atoms with E-state index in [1.807, 2.05) is 24.4 Å². The molecular formula is C9H7N3O. The number of hydrogen-bond acceptors (Lipinski definition) is 2. The third kappa shape index (κ3) is 1.22. The van der Waals surface area contributed by atoms with Crippen molar-refractivity contribution in [2.24, 2.45) is 4.99 Å². The van der Waals surface area contributed by atoms with E-state index in [0.717, 1.165) is 5.65 Å². The summed E-state index contributed by atoms with van der Waals surface area (Å²) >= 11 is 0. The average molecular weight is 173 g/mol. The van der Waals surface area contributed by atoms with E-state index in [0.29, 0.717) is 5.69 Å². The highest BCUT2D eigenvalue weighted by Crippen LogP contribution is 2.04. The third-order valence-corrected chi connectivity index (χ3v) is 1.73. The summed E-state index contributed by atoms with van der Waals surface area (Å²) < 4.78 is 1.76. The molecule has 0 aliphatic carbocycles. The molecule has 0 fully saturated rings. The van der Waals surface area contributed by atoms with Gasteiger partial charge in [0.15, 0.2) is 0 Å². The fourth-order valence-corrected chi connectivity index (χ4v) is 1.12. The van der Waals surface area contributed by atoms with Crippen molar-refractivity contribution in [2.45, 2.75) is 0 Å². The number of nitrogens with zero attached hydrogens (tertiary/aromatic N) is 3. The van der Waals surface area contributed by atoms with Gasteiger partial charge in [-0.25, -0.2) is 9.98 Å². The van der Waals surface area contributed by atoms with Crippen molar-refractivity contribution in [1.29, 1.82) is 0 Å². The lowest BCUT2D eigenvalue weighted by Gasteiger charge is -1.86. The van der Waals surface area contributed by atoms with Crippen LogP contribution in [0.2, 0.25) is 0 Å². The maximum Gasteiger partial charge on any atom is 0.296 e. The molecule has 64 valence electrons. The van der Waals surface area contributed by atoms with E-state index >= 15 is 0 Å². The smallest absolute Gasteiger partial charge is 0.296 e. The standard InChI is InChI=1S/C9H7N3O/c1-10-9(13)7-6-12-5-3-2-4-8(12)11-7/h2-6H,1H2. The van der Waals surface area contributed by atoms with Crippen LogP contribution in [0.25, 0.3) is 5.65 Å². The summed E-state index contributed by atoms with van der Waals surface area (Å²) in [5.74, 6) is -0.399. The highest BCUT2D eigenvalue weighted by Gasteiger charge is 2.06. The Morgan fingerprint density at radius 2 is 2.38 bits per heavy atom. The van der Waals surface area contributed by atoms with E-state index in [1.165, 1.54) is 0 Å². The zero-order chi connectivity index (χ0) is 9.26. The van der Waals surface area contributed by atoms with Crippen molar-refractivity contribution in [3.8, 4) is 0 Å². The maximum atomic E-state index is 11.1. The predicted octanol–water partition coefficient (Wildman–Crippen LogP) is 1.18. The first-order chi connectivity index (χ1) is 6.31. The van der Waals surface area contributed by atoms with Gasteiger partial charge in [-0.3, -0.25) is 4.79 Å². The minimum Gasteiger partial charge on any atom is -0.306 e. The van der Waals surface area contributed by atoms with E-state index in [9.17, 15) is 4.79 Å². The lowest BCUT2D eigenvalue weighted by atomic mass is 10.5. The monoisotopic (exact) mass is 173 g/mol. The zero-order valence-electron chi connectivity index (χ0n) is 6.84. The first-order valence-corrected chi connectivity index (χ1v) is 3.76. The van der Waals surface area contributed by atoms with Crippen LogP contribution in [0, 0.1) is 0 Å². The second kappa shape index (κ2) is 2.82. The maximum absolute atomic E-state index is 11.1. The van der Waals surface area contributed by atoms with Gasteiger partial charge in [0.1, 0.15) is 11.3 Å². The van der Waals surface area contributed by atoms with E-state index in [1.54, 1.807) is 10.6 Å². The van der Waals surface area contributed by atoms with Gasteiger partial charge in [0.25, 0.3) is 5.91 Å². The Kier molecular flexibility index (Phi) is 1.66. The van der Waals surface area contributed by atoms with Crippen LogP contribution in [0.4, 0.5) is 0 Å². The van der Waals surface area contributed by atoms with Gasteiger partial charge in [0, 0.05) is 12.4 Å². The topological polar surface area (TPSA) is 46.7 Å². The molecule has 2 aromatic rings. The number of amides is 1. The Hall–Kier alpha value is -1.97.